The van der Waals surface area contributed by atoms with Gasteiger partial charge in [-0.1, -0.05) is 36.4 Å². The molecule has 0 aromatic heterocycles. The molecule has 1 aliphatic carbocycles. The zero-order valence-electron chi connectivity index (χ0n) is 8.37. The largest absolute Gasteiger partial charge is 0.289 e. The molecule has 14 heavy (non-hydrogen) atoms. The number of fused-ring (bicyclic) bond motifs is 1. The SMILES string of the molecule is C/C=C1\C(=C/C)C(=O)c2ccccc21. The van der Waals surface area contributed by atoms with E-state index >= 15 is 0 Å². The maximum Gasteiger partial charge on any atom is 0.193 e. The van der Waals surface area contributed by atoms with Crippen LogP contribution in [-0.4, -0.2) is 5.78 Å². The Morgan fingerprint density at radius 3 is 2.07 bits per heavy atom. The monoisotopic (exact) mass is 184 g/mol. The van der Waals surface area contributed by atoms with Gasteiger partial charge >= 0.3 is 0 Å². The Hall–Kier alpha value is -1.63. The summed E-state index contributed by atoms with van der Waals surface area (Å²) in [7, 11) is 0. The van der Waals surface area contributed by atoms with E-state index in [1.165, 1.54) is 0 Å². The van der Waals surface area contributed by atoms with E-state index in [0.717, 1.165) is 22.3 Å². The molecular formula is C13H12O. The topological polar surface area (TPSA) is 17.1 Å². The molecule has 0 unspecified atom stereocenters. The molecule has 0 saturated heterocycles. The van der Waals surface area contributed by atoms with Crippen molar-refractivity contribution >= 4 is 11.4 Å². The molecule has 1 heteroatoms. The average Bonchev–Trinajstić information content (AvgIpc) is 2.51. The van der Waals surface area contributed by atoms with E-state index in [4.69, 9.17) is 0 Å². The lowest BCUT2D eigenvalue weighted by Crippen LogP contribution is -1.93. The summed E-state index contributed by atoms with van der Waals surface area (Å²) in [5.74, 6) is 0.149. The van der Waals surface area contributed by atoms with Gasteiger partial charge in [0, 0.05) is 11.1 Å². The van der Waals surface area contributed by atoms with Crippen LogP contribution in [-0.2, 0) is 0 Å². The molecule has 2 rings (SSSR count). The molecule has 0 spiro atoms. The second-order valence-electron chi connectivity index (χ2n) is 3.28. The van der Waals surface area contributed by atoms with Crippen LogP contribution in [0.3, 0.4) is 0 Å². The highest BCUT2D eigenvalue weighted by atomic mass is 16.1. The minimum atomic E-state index is 0.149. The first-order chi connectivity index (χ1) is 6.79. The molecule has 1 nitrogen and oxygen atoms in total. The number of carbonyl (C=O) groups is 1. The van der Waals surface area contributed by atoms with Crippen LogP contribution in [0.5, 0.6) is 0 Å². The third-order valence-electron chi connectivity index (χ3n) is 2.57. The van der Waals surface area contributed by atoms with Gasteiger partial charge in [-0.15, -0.1) is 0 Å². The van der Waals surface area contributed by atoms with Gasteiger partial charge in [0.1, 0.15) is 0 Å². The predicted molar refractivity (Wildman–Crippen MR) is 58.2 cm³/mol. The van der Waals surface area contributed by atoms with Crippen molar-refractivity contribution in [2.24, 2.45) is 0 Å². The fourth-order valence-electron chi connectivity index (χ4n) is 1.93. The molecule has 0 atom stereocenters. The van der Waals surface area contributed by atoms with Crippen molar-refractivity contribution in [3.05, 3.63) is 53.1 Å². The lowest BCUT2D eigenvalue weighted by Gasteiger charge is -1.97. The summed E-state index contributed by atoms with van der Waals surface area (Å²) < 4.78 is 0. The molecule has 1 aromatic carbocycles. The minimum Gasteiger partial charge on any atom is -0.289 e. The number of benzene rings is 1. The number of Topliss-reactive ketones (excluding diaryl/α,β-unsaturated/α-hetero) is 1. The Bertz CT molecular complexity index is 450. The van der Waals surface area contributed by atoms with Crippen LogP contribution in [0.4, 0.5) is 0 Å². The van der Waals surface area contributed by atoms with Crippen molar-refractivity contribution in [2.75, 3.05) is 0 Å². The second kappa shape index (κ2) is 3.26. The van der Waals surface area contributed by atoms with Gasteiger partial charge in [-0.05, 0) is 25.0 Å². The van der Waals surface area contributed by atoms with E-state index in [1.54, 1.807) is 0 Å². The lowest BCUT2D eigenvalue weighted by molar-refractivity contribution is 0.104. The predicted octanol–water partition coefficient (Wildman–Crippen LogP) is 3.23. The standard InChI is InChI=1S/C13H12O/c1-3-9-10(4-2)13(14)12-8-6-5-7-11(9)12/h3-8H,1-2H3/b9-3+,10-4+. The Balaban J connectivity index is 2.73. The zero-order chi connectivity index (χ0) is 10.1. The Labute approximate surface area is 83.8 Å². The first-order valence-electron chi connectivity index (χ1n) is 4.76. The van der Waals surface area contributed by atoms with E-state index < -0.39 is 0 Å². The quantitative estimate of drug-likeness (QED) is 0.566. The second-order valence-corrected chi connectivity index (χ2v) is 3.28. The first kappa shape index (κ1) is 8.95. The minimum absolute atomic E-state index is 0.149. The fraction of sp³-hybridized carbons (Fsp3) is 0.154. The number of hydrogen-bond acceptors (Lipinski definition) is 1. The maximum atomic E-state index is 11.9. The Morgan fingerprint density at radius 2 is 1.50 bits per heavy atom. The van der Waals surface area contributed by atoms with Crippen LogP contribution in [0, 0.1) is 0 Å². The highest BCUT2D eigenvalue weighted by Crippen LogP contribution is 2.35. The number of ketones is 1. The van der Waals surface area contributed by atoms with Crippen molar-refractivity contribution in [2.45, 2.75) is 13.8 Å². The Morgan fingerprint density at radius 1 is 0.929 bits per heavy atom. The van der Waals surface area contributed by atoms with Crippen molar-refractivity contribution in [1.82, 2.24) is 0 Å². The number of allylic oxidation sites excluding steroid dienone is 4. The van der Waals surface area contributed by atoms with Gasteiger partial charge in [0.15, 0.2) is 5.78 Å². The van der Waals surface area contributed by atoms with Gasteiger partial charge in [0.05, 0.1) is 0 Å². The molecule has 0 aliphatic heterocycles. The summed E-state index contributed by atoms with van der Waals surface area (Å²) in [6.07, 6.45) is 3.89. The van der Waals surface area contributed by atoms with Crippen LogP contribution in [0.1, 0.15) is 29.8 Å². The molecule has 0 saturated carbocycles. The van der Waals surface area contributed by atoms with Crippen molar-refractivity contribution in [1.29, 1.82) is 0 Å². The van der Waals surface area contributed by atoms with E-state index in [0.29, 0.717) is 0 Å². The smallest absolute Gasteiger partial charge is 0.193 e. The van der Waals surface area contributed by atoms with Crippen molar-refractivity contribution in [3.8, 4) is 0 Å². The van der Waals surface area contributed by atoms with Crippen molar-refractivity contribution in [3.63, 3.8) is 0 Å². The number of hydrogen-bond donors (Lipinski definition) is 0. The summed E-state index contributed by atoms with van der Waals surface area (Å²) in [5, 5.41) is 0. The fourth-order valence-corrected chi connectivity index (χ4v) is 1.93. The summed E-state index contributed by atoms with van der Waals surface area (Å²) in [6.45, 7) is 3.87. The van der Waals surface area contributed by atoms with Crippen molar-refractivity contribution < 1.29 is 4.79 Å². The van der Waals surface area contributed by atoms with Gasteiger partial charge in [0.25, 0.3) is 0 Å². The molecule has 0 fully saturated rings. The summed E-state index contributed by atoms with van der Waals surface area (Å²) in [4.78, 5) is 11.9. The van der Waals surface area contributed by atoms with Gasteiger partial charge in [-0.2, -0.15) is 0 Å². The summed E-state index contributed by atoms with van der Waals surface area (Å²) >= 11 is 0. The van der Waals surface area contributed by atoms with Crippen LogP contribution in [0.2, 0.25) is 0 Å². The third kappa shape index (κ3) is 1.06. The molecular weight excluding hydrogens is 172 g/mol. The number of carbonyl (C=O) groups excluding carboxylic acids is 1. The van der Waals surface area contributed by atoms with E-state index in [9.17, 15) is 4.79 Å². The van der Waals surface area contributed by atoms with E-state index in [-0.39, 0.29) is 5.78 Å². The first-order valence-corrected chi connectivity index (χ1v) is 4.76. The molecule has 70 valence electrons. The van der Waals surface area contributed by atoms with Gasteiger partial charge in [-0.25, -0.2) is 0 Å². The highest BCUT2D eigenvalue weighted by molar-refractivity contribution is 6.26. The third-order valence-corrected chi connectivity index (χ3v) is 2.57. The van der Waals surface area contributed by atoms with Crippen LogP contribution >= 0.6 is 0 Å². The molecule has 0 heterocycles. The van der Waals surface area contributed by atoms with E-state index in [2.05, 4.69) is 0 Å². The van der Waals surface area contributed by atoms with Crippen LogP contribution in [0.25, 0.3) is 5.57 Å². The Kier molecular flexibility index (Phi) is 2.08. The lowest BCUT2D eigenvalue weighted by atomic mass is 10.1. The molecule has 0 radical (unpaired) electrons. The highest BCUT2D eigenvalue weighted by Gasteiger charge is 2.27. The number of rotatable bonds is 0. The molecule has 0 amide bonds. The van der Waals surface area contributed by atoms with Gasteiger partial charge < -0.3 is 0 Å². The molecule has 0 bridgehead atoms. The average molecular weight is 184 g/mol. The molecule has 0 N–H and O–H groups in total. The summed E-state index contributed by atoms with van der Waals surface area (Å²) in [6, 6.07) is 7.76. The molecule has 1 aliphatic rings. The normalized spacial score (nSPS) is 20.6. The van der Waals surface area contributed by atoms with Gasteiger partial charge in [0.2, 0.25) is 0 Å². The van der Waals surface area contributed by atoms with Crippen LogP contribution < -0.4 is 0 Å². The zero-order valence-corrected chi connectivity index (χ0v) is 8.37. The van der Waals surface area contributed by atoms with E-state index in [1.807, 2.05) is 50.3 Å². The van der Waals surface area contributed by atoms with Gasteiger partial charge in [-0.3, -0.25) is 4.79 Å². The molecule has 1 aromatic rings. The summed E-state index contributed by atoms with van der Waals surface area (Å²) in [5.41, 5.74) is 3.78. The maximum absolute atomic E-state index is 11.9. The van der Waals surface area contributed by atoms with Crippen LogP contribution in [0.15, 0.2) is 42.0 Å².